The summed E-state index contributed by atoms with van der Waals surface area (Å²) in [4.78, 5) is 0.812. The maximum absolute atomic E-state index is 12.9. The maximum atomic E-state index is 12.9. The number of aliphatic hydroxyl groups excluding tert-OH is 2. The van der Waals surface area contributed by atoms with Crippen molar-refractivity contribution in [2.75, 3.05) is 0 Å². The van der Waals surface area contributed by atoms with Crippen LogP contribution < -0.4 is 0 Å². The lowest BCUT2D eigenvalue weighted by molar-refractivity contribution is 0.196. The van der Waals surface area contributed by atoms with Gasteiger partial charge in [0.25, 0.3) is 0 Å². The zero-order chi connectivity index (χ0) is 11.4. The Kier molecular flexibility index (Phi) is 4.57. The summed E-state index contributed by atoms with van der Waals surface area (Å²) in [5.41, 5.74) is 0.563. The van der Waals surface area contributed by atoms with Crippen LogP contribution in [0.4, 0.5) is 4.39 Å². The minimum absolute atomic E-state index is 0.0146. The molecule has 15 heavy (non-hydrogen) atoms. The normalized spacial score (nSPS) is 15.0. The lowest BCUT2D eigenvalue weighted by Gasteiger charge is -2.15. The van der Waals surface area contributed by atoms with E-state index in [2.05, 4.69) is 0 Å². The van der Waals surface area contributed by atoms with Gasteiger partial charge in [0.2, 0.25) is 0 Å². The van der Waals surface area contributed by atoms with E-state index >= 15 is 0 Å². The minimum Gasteiger partial charge on any atom is -0.392 e. The lowest BCUT2D eigenvalue weighted by Crippen LogP contribution is -2.15. The third-order valence-corrected chi connectivity index (χ3v) is 3.60. The topological polar surface area (TPSA) is 40.5 Å². The Labute approximate surface area is 93.1 Å². The SMILES string of the molecule is CC(O)C(C)Sc1ccc(F)cc1CO. The summed E-state index contributed by atoms with van der Waals surface area (Å²) < 4.78 is 12.9. The van der Waals surface area contributed by atoms with E-state index in [0.717, 1.165) is 4.90 Å². The molecule has 0 saturated carbocycles. The number of hydrogen-bond acceptors (Lipinski definition) is 3. The number of thioether (sulfide) groups is 1. The van der Waals surface area contributed by atoms with Crippen molar-refractivity contribution in [1.82, 2.24) is 0 Å². The first-order valence-electron chi connectivity index (χ1n) is 4.78. The van der Waals surface area contributed by atoms with Crippen LogP contribution in [0.25, 0.3) is 0 Å². The molecule has 0 radical (unpaired) electrons. The molecule has 2 unspecified atom stereocenters. The first-order valence-corrected chi connectivity index (χ1v) is 5.66. The molecule has 4 heteroatoms. The van der Waals surface area contributed by atoms with Gasteiger partial charge in [0, 0.05) is 10.1 Å². The van der Waals surface area contributed by atoms with Gasteiger partial charge in [-0.05, 0) is 30.7 Å². The third-order valence-electron chi connectivity index (χ3n) is 2.19. The van der Waals surface area contributed by atoms with Gasteiger partial charge in [-0.15, -0.1) is 11.8 Å². The summed E-state index contributed by atoms with van der Waals surface area (Å²) in [7, 11) is 0. The maximum Gasteiger partial charge on any atom is 0.123 e. The summed E-state index contributed by atoms with van der Waals surface area (Å²) >= 11 is 1.43. The van der Waals surface area contributed by atoms with Crippen molar-refractivity contribution in [3.8, 4) is 0 Å². The molecule has 2 nitrogen and oxygen atoms in total. The van der Waals surface area contributed by atoms with Crippen LogP contribution in [0.3, 0.4) is 0 Å². The van der Waals surface area contributed by atoms with Crippen LogP contribution in [0.5, 0.6) is 0 Å². The fourth-order valence-electron chi connectivity index (χ4n) is 1.09. The minimum atomic E-state index is -0.438. The zero-order valence-electron chi connectivity index (χ0n) is 8.77. The first-order chi connectivity index (χ1) is 7.04. The Hall–Kier alpha value is -0.580. The highest BCUT2D eigenvalue weighted by Gasteiger charge is 2.13. The first kappa shape index (κ1) is 12.5. The Morgan fingerprint density at radius 3 is 2.60 bits per heavy atom. The molecule has 2 atom stereocenters. The molecule has 0 aromatic heterocycles. The molecule has 1 aromatic carbocycles. The van der Waals surface area contributed by atoms with Gasteiger partial charge in [0.15, 0.2) is 0 Å². The van der Waals surface area contributed by atoms with Gasteiger partial charge in [0.1, 0.15) is 5.82 Å². The summed E-state index contributed by atoms with van der Waals surface area (Å²) in [6.07, 6.45) is -0.438. The Bertz CT molecular complexity index is 328. The summed E-state index contributed by atoms with van der Waals surface area (Å²) in [6.45, 7) is 3.41. The highest BCUT2D eigenvalue weighted by atomic mass is 32.2. The second-order valence-corrected chi connectivity index (χ2v) is 4.89. The van der Waals surface area contributed by atoms with Crippen molar-refractivity contribution in [2.24, 2.45) is 0 Å². The van der Waals surface area contributed by atoms with Crippen LogP contribution in [-0.4, -0.2) is 21.6 Å². The molecule has 0 amide bonds. The molecule has 0 spiro atoms. The van der Waals surface area contributed by atoms with E-state index in [1.165, 1.54) is 23.9 Å². The van der Waals surface area contributed by atoms with Crippen molar-refractivity contribution in [3.05, 3.63) is 29.6 Å². The highest BCUT2D eigenvalue weighted by molar-refractivity contribution is 8.00. The number of aliphatic hydroxyl groups is 2. The molecule has 1 rings (SSSR count). The third kappa shape index (κ3) is 3.48. The second kappa shape index (κ2) is 5.49. The fraction of sp³-hybridized carbons (Fsp3) is 0.455. The standard InChI is InChI=1S/C11H15FO2S/c1-7(14)8(2)15-11-4-3-10(12)5-9(11)6-13/h3-5,7-8,13-14H,6H2,1-2H3. The molecule has 1 aromatic rings. The molecule has 0 fully saturated rings. The van der Waals surface area contributed by atoms with Crippen LogP contribution in [0, 0.1) is 5.82 Å². The van der Waals surface area contributed by atoms with Crippen LogP contribution in [0.1, 0.15) is 19.4 Å². The monoisotopic (exact) mass is 230 g/mol. The number of halogens is 1. The summed E-state index contributed by atoms with van der Waals surface area (Å²) in [6, 6.07) is 4.30. The fourth-order valence-corrected chi connectivity index (χ4v) is 2.10. The average molecular weight is 230 g/mol. The molecule has 0 heterocycles. The van der Waals surface area contributed by atoms with Crippen molar-refractivity contribution >= 4 is 11.8 Å². The van der Waals surface area contributed by atoms with Gasteiger partial charge in [-0.25, -0.2) is 4.39 Å². The van der Waals surface area contributed by atoms with E-state index < -0.39 is 6.10 Å². The van der Waals surface area contributed by atoms with Crippen LogP contribution >= 0.6 is 11.8 Å². The molecular weight excluding hydrogens is 215 g/mol. The van der Waals surface area contributed by atoms with Gasteiger partial charge < -0.3 is 10.2 Å². The predicted molar refractivity (Wildman–Crippen MR) is 59.3 cm³/mol. The van der Waals surface area contributed by atoms with Crippen LogP contribution in [0.15, 0.2) is 23.1 Å². The Morgan fingerprint density at radius 1 is 1.40 bits per heavy atom. The molecule has 2 N–H and O–H groups in total. The molecular formula is C11H15FO2S. The second-order valence-electron chi connectivity index (χ2n) is 3.47. The van der Waals surface area contributed by atoms with Crippen molar-refractivity contribution in [2.45, 2.75) is 36.7 Å². The number of benzene rings is 1. The molecule has 0 bridgehead atoms. The quantitative estimate of drug-likeness (QED) is 0.779. The van der Waals surface area contributed by atoms with Gasteiger partial charge >= 0.3 is 0 Å². The van der Waals surface area contributed by atoms with Crippen LogP contribution in [-0.2, 0) is 6.61 Å². The summed E-state index contributed by atoms with van der Waals surface area (Å²) in [5.74, 6) is -0.354. The van der Waals surface area contributed by atoms with E-state index in [1.807, 2.05) is 6.92 Å². The van der Waals surface area contributed by atoms with Crippen molar-refractivity contribution in [1.29, 1.82) is 0 Å². The van der Waals surface area contributed by atoms with E-state index in [4.69, 9.17) is 5.11 Å². The van der Waals surface area contributed by atoms with Gasteiger partial charge in [0.05, 0.1) is 12.7 Å². The van der Waals surface area contributed by atoms with E-state index in [-0.39, 0.29) is 17.7 Å². The average Bonchev–Trinajstić information content (AvgIpc) is 2.20. The number of hydrogen-bond donors (Lipinski definition) is 2. The number of rotatable bonds is 4. The smallest absolute Gasteiger partial charge is 0.123 e. The highest BCUT2D eigenvalue weighted by Crippen LogP contribution is 2.29. The van der Waals surface area contributed by atoms with Crippen molar-refractivity contribution < 1.29 is 14.6 Å². The Balaban J connectivity index is 2.84. The zero-order valence-corrected chi connectivity index (χ0v) is 9.59. The molecule has 0 aliphatic heterocycles. The van der Waals surface area contributed by atoms with Crippen LogP contribution in [0.2, 0.25) is 0 Å². The molecule has 0 aliphatic rings. The summed E-state index contributed by atoms with van der Waals surface area (Å²) in [5, 5.41) is 18.4. The molecule has 84 valence electrons. The van der Waals surface area contributed by atoms with E-state index in [0.29, 0.717) is 5.56 Å². The Morgan fingerprint density at radius 2 is 2.07 bits per heavy atom. The molecule has 0 saturated heterocycles. The molecule has 0 aliphatic carbocycles. The largest absolute Gasteiger partial charge is 0.392 e. The lowest BCUT2D eigenvalue weighted by atomic mass is 10.2. The van der Waals surface area contributed by atoms with Crippen molar-refractivity contribution in [3.63, 3.8) is 0 Å². The van der Waals surface area contributed by atoms with Gasteiger partial charge in [-0.3, -0.25) is 0 Å². The van der Waals surface area contributed by atoms with E-state index in [9.17, 15) is 9.50 Å². The van der Waals surface area contributed by atoms with Gasteiger partial charge in [-0.1, -0.05) is 6.92 Å². The predicted octanol–water partition coefficient (Wildman–Crippen LogP) is 2.18. The van der Waals surface area contributed by atoms with E-state index in [1.54, 1.807) is 13.0 Å². The van der Waals surface area contributed by atoms with Gasteiger partial charge in [-0.2, -0.15) is 0 Å².